The van der Waals surface area contributed by atoms with E-state index in [9.17, 15) is 25.3 Å². The number of carbonyl (C=O) groups is 1. The molecule has 5 rings (SSSR count). The lowest BCUT2D eigenvalue weighted by Gasteiger charge is -2.64. The molecule has 0 spiro atoms. The smallest absolute Gasteiger partial charge is 0.196 e. The lowest BCUT2D eigenvalue weighted by molar-refractivity contribution is -0.361. The van der Waals surface area contributed by atoms with Gasteiger partial charge in [-0.05, 0) is 57.9 Å². The quantitative estimate of drug-likeness (QED) is 0.451. The van der Waals surface area contributed by atoms with Crippen molar-refractivity contribution in [2.75, 3.05) is 13.2 Å². The van der Waals surface area contributed by atoms with Crippen LogP contribution in [-0.2, 0) is 9.53 Å². The zero-order valence-electron chi connectivity index (χ0n) is 20.7. The maximum Gasteiger partial charge on any atom is 0.196 e. The molecule has 190 valence electrons. The Kier molecular flexibility index (Phi) is 5.04. The number of allylic oxidation sites excluding steroid dienone is 4. The number of hydrogen-bond acceptors (Lipinski definition) is 7. The van der Waals surface area contributed by atoms with Crippen molar-refractivity contribution >= 4 is 5.78 Å². The highest BCUT2D eigenvalue weighted by Gasteiger charge is 2.80. The average Bonchev–Trinajstić information content (AvgIpc) is 3.13. The van der Waals surface area contributed by atoms with E-state index >= 15 is 4.39 Å². The lowest BCUT2D eigenvalue weighted by atomic mass is 9.45. The average molecular weight is 480 g/mol. The highest BCUT2D eigenvalue weighted by molar-refractivity contribution is 5.93. The number of nitrogens with zero attached hydrogens (tertiary/aromatic N) is 1. The maximum absolute atomic E-state index is 17.3. The molecule has 34 heavy (non-hydrogen) atoms. The summed E-state index contributed by atoms with van der Waals surface area (Å²) in [7, 11) is 0. The van der Waals surface area contributed by atoms with Gasteiger partial charge in [0, 0.05) is 23.2 Å². The second kappa shape index (κ2) is 6.99. The molecule has 1 saturated heterocycles. The van der Waals surface area contributed by atoms with E-state index in [4.69, 9.17) is 4.74 Å². The van der Waals surface area contributed by atoms with E-state index in [1.165, 1.54) is 6.08 Å². The van der Waals surface area contributed by atoms with Crippen LogP contribution in [0.4, 0.5) is 4.39 Å². The molecule has 0 aromatic heterocycles. The van der Waals surface area contributed by atoms with Gasteiger partial charge < -0.3 is 25.3 Å². The minimum atomic E-state index is -2.01. The minimum absolute atomic E-state index is 0.0600. The third-order valence-electron chi connectivity index (χ3n) is 10.6. The Balaban J connectivity index is 1.64. The van der Waals surface area contributed by atoms with Gasteiger partial charge in [-0.3, -0.25) is 4.79 Å². The number of alkyl halides is 1. The summed E-state index contributed by atoms with van der Waals surface area (Å²) in [6.45, 7) is 8.43. The molecule has 0 aromatic rings. The van der Waals surface area contributed by atoms with Crippen LogP contribution in [0.2, 0.25) is 0 Å². The third kappa shape index (κ3) is 2.45. The molecule has 1 aliphatic heterocycles. The molecule has 9 atom stereocenters. The Morgan fingerprint density at radius 2 is 1.91 bits per heavy atom. The molecule has 1 heterocycles. The molecule has 0 radical (unpaired) electrons. The summed E-state index contributed by atoms with van der Waals surface area (Å²) in [6.07, 6.45) is 4.46. The number of hydrogen-bond donors (Lipinski definition) is 4. The van der Waals surface area contributed by atoms with E-state index in [1.807, 2.05) is 19.9 Å². The monoisotopic (exact) mass is 479 g/mol. The van der Waals surface area contributed by atoms with E-state index in [-0.39, 0.29) is 31.1 Å². The van der Waals surface area contributed by atoms with E-state index in [0.29, 0.717) is 18.4 Å². The summed E-state index contributed by atoms with van der Waals surface area (Å²) in [5.74, 6) is -1.47. The number of aliphatic hydroxyl groups excluding tert-OH is 2. The van der Waals surface area contributed by atoms with Gasteiger partial charge in [-0.1, -0.05) is 31.6 Å². The summed E-state index contributed by atoms with van der Waals surface area (Å²) in [6, 6.07) is 0. The van der Waals surface area contributed by atoms with Crippen molar-refractivity contribution in [1.82, 2.24) is 5.06 Å². The van der Waals surface area contributed by atoms with Crippen LogP contribution in [0.5, 0.6) is 0 Å². The Morgan fingerprint density at radius 3 is 2.50 bits per heavy atom. The summed E-state index contributed by atoms with van der Waals surface area (Å²) < 4.78 is 23.4. The van der Waals surface area contributed by atoms with Crippen molar-refractivity contribution in [1.29, 1.82) is 0 Å². The molecule has 4 N–H and O–H groups in total. The first-order valence-corrected chi connectivity index (χ1v) is 12.4. The number of ether oxygens (including phenoxy) is 1. The van der Waals surface area contributed by atoms with Crippen LogP contribution in [0, 0.1) is 28.6 Å². The molecule has 7 nitrogen and oxygen atoms in total. The number of halogens is 1. The minimum Gasteiger partial charge on any atom is -0.392 e. The van der Waals surface area contributed by atoms with Crippen molar-refractivity contribution in [2.45, 2.75) is 88.9 Å². The molecule has 5 aliphatic rings. The Labute approximate surface area is 200 Å². The Bertz CT molecular complexity index is 982. The van der Waals surface area contributed by atoms with Gasteiger partial charge in [-0.25, -0.2) is 4.39 Å². The van der Waals surface area contributed by atoms with Crippen molar-refractivity contribution in [3.8, 4) is 0 Å². The van der Waals surface area contributed by atoms with Gasteiger partial charge >= 0.3 is 0 Å². The van der Waals surface area contributed by atoms with Gasteiger partial charge in [0.15, 0.2) is 17.2 Å². The van der Waals surface area contributed by atoms with E-state index in [0.717, 1.165) is 5.06 Å². The summed E-state index contributed by atoms with van der Waals surface area (Å²) in [4.78, 5) is 12.1. The van der Waals surface area contributed by atoms with Gasteiger partial charge in [-0.15, -0.1) is 5.06 Å². The largest absolute Gasteiger partial charge is 0.392 e. The summed E-state index contributed by atoms with van der Waals surface area (Å²) >= 11 is 0. The van der Waals surface area contributed by atoms with E-state index in [2.05, 4.69) is 0 Å². The van der Waals surface area contributed by atoms with Crippen molar-refractivity contribution in [3.05, 3.63) is 23.8 Å². The summed E-state index contributed by atoms with van der Waals surface area (Å²) in [5, 5.41) is 46.7. The van der Waals surface area contributed by atoms with E-state index in [1.54, 1.807) is 26.8 Å². The van der Waals surface area contributed by atoms with Crippen molar-refractivity contribution in [3.63, 3.8) is 0 Å². The number of aliphatic hydroxyl groups is 3. The van der Waals surface area contributed by atoms with Crippen LogP contribution in [0.3, 0.4) is 0 Å². The van der Waals surface area contributed by atoms with Crippen LogP contribution in [0.15, 0.2) is 23.8 Å². The molecule has 3 fully saturated rings. The second-order valence-electron chi connectivity index (χ2n) is 12.5. The van der Waals surface area contributed by atoms with Gasteiger partial charge in [-0.2, -0.15) is 0 Å². The summed E-state index contributed by atoms with van der Waals surface area (Å²) in [5.41, 5.74) is -7.87. The van der Waals surface area contributed by atoms with Gasteiger partial charge in [0.2, 0.25) is 0 Å². The van der Waals surface area contributed by atoms with Gasteiger partial charge in [0.1, 0.15) is 5.60 Å². The first kappa shape index (κ1) is 24.5. The first-order valence-electron chi connectivity index (χ1n) is 12.4. The van der Waals surface area contributed by atoms with Crippen molar-refractivity contribution in [2.24, 2.45) is 28.6 Å². The van der Waals surface area contributed by atoms with Crippen LogP contribution < -0.4 is 0 Å². The molecular formula is C26H38FNO6. The second-order valence-corrected chi connectivity index (χ2v) is 12.5. The predicted molar refractivity (Wildman–Crippen MR) is 121 cm³/mol. The number of rotatable bonds is 2. The fraction of sp³-hybridized carbons (Fsp3) is 0.808. The number of ketones is 1. The Morgan fingerprint density at radius 1 is 1.24 bits per heavy atom. The molecular weight excluding hydrogens is 441 g/mol. The fourth-order valence-corrected chi connectivity index (χ4v) is 8.70. The zero-order valence-corrected chi connectivity index (χ0v) is 20.7. The van der Waals surface area contributed by atoms with Gasteiger partial charge in [0.05, 0.1) is 24.9 Å². The first-order chi connectivity index (χ1) is 15.7. The standard InChI is InChI=1S/C26H38FNO6/c1-15-10-19-18-7-6-16-11-17(30)8-9-22(16,4)25(18,27)20(31)12-23(19,5)26(15,32)24(13-29)28(33)21(2,3)14-34-24/h6,8-9,15,18-20,29,31-33H,7,10-14H2,1-5H3/t15-,18?,19?,20+,22+,23+,24?,25+,26-/m1/s1. The number of fused-ring (bicyclic) bond motifs is 5. The molecule has 0 bridgehead atoms. The van der Waals surface area contributed by atoms with Crippen LogP contribution >= 0.6 is 0 Å². The van der Waals surface area contributed by atoms with Crippen LogP contribution in [-0.4, -0.2) is 73.2 Å². The zero-order chi connectivity index (χ0) is 25.1. The molecule has 0 aromatic carbocycles. The van der Waals surface area contributed by atoms with Crippen LogP contribution in [0.25, 0.3) is 0 Å². The molecule has 0 amide bonds. The van der Waals surface area contributed by atoms with E-state index < -0.39 is 57.9 Å². The number of hydroxylamine groups is 2. The SMILES string of the molecule is C[C@@H]1CC2C3CC=C4CC(=O)C=C[C@]4(C)[C@@]3(F)[C@@H](O)C[C@]2(C)[C@@]1(O)C1(CO)OCC(C)(C)N1O. The Hall–Kier alpha value is -1.16. The third-order valence-corrected chi connectivity index (χ3v) is 10.6. The normalized spacial score (nSPS) is 54.4. The topological polar surface area (TPSA) is 110 Å². The highest BCUT2D eigenvalue weighted by Crippen LogP contribution is 2.72. The molecule has 4 aliphatic carbocycles. The van der Waals surface area contributed by atoms with Gasteiger partial charge in [0.25, 0.3) is 0 Å². The molecule has 8 heteroatoms. The highest BCUT2D eigenvalue weighted by atomic mass is 19.1. The van der Waals surface area contributed by atoms with Crippen molar-refractivity contribution < 1.29 is 34.4 Å². The fourth-order valence-electron chi connectivity index (χ4n) is 8.70. The molecule has 3 unspecified atom stereocenters. The maximum atomic E-state index is 17.3. The van der Waals surface area contributed by atoms with Crippen LogP contribution in [0.1, 0.15) is 60.3 Å². The molecule has 2 saturated carbocycles. The number of carbonyl (C=O) groups excluding carboxylic acids is 1. The predicted octanol–water partition coefficient (Wildman–Crippen LogP) is 2.52. The lowest BCUT2D eigenvalue weighted by Crippen LogP contribution is -2.75.